The summed E-state index contributed by atoms with van der Waals surface area (Å²) in [6.45, 7) is 6.48. The Kier molecular flexibility index (Phi) is 1.91. The van der Waals surface area contributed by atoms with Gasteiger partial charge >= 0.3 is 0 Å². The zero-order chi connectivity index (χ0) is 9.64. The van der Waals surface area contributed by atoms with Gasteiger partial charge in [-0.3, -0.25) is 4.68 Å². The maximum Gasteiger partial charge on any atom is 0.154 e. The quantitative estimate of drug-likeness (QED) is 0.678. The van der Waals surface area contributed by atoms with E-state index in [-0.39, 0.29) is 5.41 Å². The minimum atomic E-state index is 0.101. The summed E-state index contributed by atoms with van der Waals surface area (Å²) in [6.07, 6.45) is 4.60. The summed E-state index contributed by atoms with van der Waals surface area (Å²) in [5.41, 5.74) is 1.26. The minimum absolute atomic E-state index is 0.101. The van der Waals surface area contributed by atoms with Gasteiger partial charge in [0.15, 0.2) is 5.15 Å². The summed E-state index contributed by atoms with van der Waals surface area (Å²) >= 11 is 6.07. The van der Waals surface area contributed by atoms with Crippen molar-refractivity contribution >= 4 is 11.6 Å². The van der Waals surface area contributed by atoms with Crippen molar-refractivity contribution in [3.8, 4) is 0 Å². The molecule has 13 heavy (non-hydrogen) atoms. The first-order valence-electron chi connectivity index (χ1n) is 4.73. The molecule has 0 bridgehead atoms. The van der Waals surface area contributed by atoms with Crippen LogP contribution in [0.2, 0.25) is 5.15 Å². The Labute approximate surface area is 83.9 Å². The Hall–Kier alpha value is -0.500. The Balaban J connectivity index is 2.35. The Morgan fingerprint density at radius 3 is 2.46 bits per heavy atom. The molecule has 0 atom stereocenters. The van der Waals surface area contributed by atoms with Gasteiger partial charge < -0.3 is 0 Å². The average Bonchev–Trinajstić information content (AvgIpc) is 2.73. The van der Waals surface area contributed by atoms with Crippen molar-refractivity contribution in [3.63, 3.8) is 0 Å². The molecular formula is C10H15ClN2. The molecule has 2 rings (SSSR count). The van der Waals surface area contributed by atoms with Gasteiger partial charge in [0.1, 0.15) is 0 Å². The van der Waals surface area contributed by atoms with Crippen molar-refractivity contribution in [2.75, 3.05) is 0 Å². The third-order valence-corrected chi connectivity index (χ3v) is 2.70. The highest BCUT2D eigenvalue weighted by atomic mass is 35.5. The third kappa shape index (κ3) is 1.73. The maximum absolute atomic E-state index is 6.07. The normalized spacial score (nSPS) is 17.8. The molecule has 3 heteroatoms. The number of nitrogens with zero attached hydrogens (tertiary/aromatic N) is 2. The molecule has 72 valence electrons. The molecule has 1 aliphatic rings. The van der Waals surface area contributed by atoms with Crippen LogP contribution in [0.5, 0.6) is 0 Å². The van der Waals surface area contributed by atoms with E-state index in [1.54, 1.807) is 0 Å². The number of aromatic nitrogens is 2. The van der Waals surface area contributed by atoms with Crippen LogP contribution < -0.4 is 0 Å². The lowest BCUT2D eigenvalue weighted by Crippen LogP contribution is -2.10. The van der Waals surface area contributed by atoms with Crippen molar-refractivity contribution < 1.29 is 0 Å². The average molecular weight is 199 g/mol. The second-order valence-electron chi connectivity index (χ2n) is 4.79. The van der Waals surface area contributed by atoms with E-state index in [1.165, 1.54) is 12.8 Å². The highest BCUT2D eigenvalue weighted by Crippen LogP contribution is 2.37. The van der Waals surface area contributed by atoms with E-state index in [0.717, 1.165) is 5.56 Å². The summed E-state index contributed by atoms with van der Waals surface area (Å²) in [4.78, 5) is 0. The standard InChI is InChI=1S/C10H15ClN2/c1-10(2,3)8-6-13(7-4-5-7)12-9(8)11/h6-7H,4-5H2,1-3H3. The van der Waals surface area contributed by atoms with Crippen molar-refractivity contribution in [1.29, 1.82) is 0 Å². The largest absolute Gasteiger partial charge is 0.268 e. The monoisotopic (exact) mass is 198 g/mol. The molecule has 1 aliphatic carbocycles. The predicted molar refractivity (Wildman–Crippen MR) is 54.2 cm³/mol. The van der Waals surface area contributed by atoms with Gasteiger partial charge in [-0.25, -0.2) is 0 Å². The van der Waals surface area contributed by atoms with Gasteiger partial charge in [-0.1, -0.05) is 32.4 Å². The van der Waals surface area contributed by atoms with E-state index < -0.39 is 0 Å². The predicted octanol–water partition coefficient (Wildman–Crippen LogP) is 3.17. The van der Waals surface area contributed by atoms with E-state index in [0.29, 0.717) is 11.2 Å². The molecule has 1 fully saturated rings. The second kappa shape index (κ2) is 2.74. The van der Waals surface area contributed by atoms with Gasteiger partial charge in [-0.2, -0.15) is 5.10 Å². The van der Waals surface area contributed by atoms with E-state index in [4.69, 9.17) is 11.6 Å². The highest BCUT2D eigenvalue weighted by Gasteiger charge is 2.28. The molecule has 0 unspecified atom stereocenters. The molecule has 0 aliphatic heterocycles. The number of hydrogen-bond donors (Lipinski definition) is 0. The Morgan fingerprint density at radius 1 is 1.46 bits per heavy atom. The summed E-state index contributed by atoms with van der Waals surface area (Å²) < 4.78 is 2.02. The van der Waals surface area contributed by atoms with Crippen molar-refractivity contribution in [2.24, 2.45) is 0 Å². The highest BCUT2D eigenvalue weighted by molar-refractivity contribution is 6.30. The molecule has 1 aromatic heterocycles. The molecule has 2 nitrogen and oxygen atoms in total. The first-order valence-corrected chi connectivity index (χ1v) is 5.11. The fraction of sp³-hybridized carbons (Fsp3) is 0.700. The lowest BCUT2D eigenvalue weighted by molar-refractivity contribution is 0.585. The SMILES string of the molecule is CC(C)(C)c1cn(C2CC2)nc1Cl. The molecule has 0 N–H and O–H groups in total. The first kappa shape index (κ1) is 9.07. The number of halogens is 1. The lowest BCUT2D eigenvalue weighted by atomic mass is 9.90. The molecule has 1 saturated carbocycles. The van der Waals surface area contributed by atoms with Crippen LogP contribution in [0.4, 0.5) is 0 Å². The molecule has 0 saturated heterocycles. The van der Waals surface area contributed by atoms with Gasteiger partial charge in [0.2, 0.25) is 0 Å². The van der Waals surface area contributed by atoms with Crippen LogP contribution in [0.15, 0.2) is 6.20 Å². The van der Waals surface area contributed by atoms with Gasteiger partial charge in [-0.05, 0) is 18.3 Å². The molecule has 1 aromatic rings. The van der Waals surface area contributed by atoms with Gasteiger partial charge in [-0.15, -0.1) is 0 Å². The van der Waals surface area contributed by atoms with E-state index in [2.05, 4.69) is 32.1 Å². The Bertz CT molecular complexity index is 318. The molecule has 0 radical (unpaired) electrons. The number of hydrogen-bond acceptors (Lipinski definition) is 1. The van der Waals surface area contributed by atoms with E-state index in [1.807, 2.05) is 4.68 Å². The zero-order valence-corrected chi connectivity index (χ0v) is 9.10. The van der Waals surface area contributed by atoms with Crippen molar-refractivity contribution in [3.05, 3.63) is 16.9 Å². The van der Waals surface area contributed by atoms with E-state index >= 15 is 0 Å². The topological polar surface area (TPSA) is 17.8 Å². The first-order chi connectivity index (χ1) is 5.98. The zero-order valence-electron chi connectivity index (χ0n) is 8.34. The summed E-state index contributed by atoms with van der Waals surface area (Å²) in [7, 11) is 0. The molecule has 0 amide bonds. The summed E-state index contributed by atoms with van der Waals surface area (Å²) in [5.74, 6) is 0. The number of rotatable bonds is 1. The van der Waals surface area contributed by atoms with E-state index in [9.17, 15) is 0 Å². The van der Waals surface area contributed by atoms with Crippen molar-refractivity contribution in [1.82, 2.24) is 9.78 Å². The van der Waals surface area contributed by atoms with Gasteiger partial charge in [0, 0.05) is 11.8 Å². The molecule has 1 heterocycles. The van der Waals surface area contributed by atoms with Crippen LogP contribution in [-0.4, -0.2) is 9.78 Å². The molecular weight excluding hydrogens is 184 g/mol. The second-order valence-corrected chi connectivity index (χ2v) is 5.15. The van der Waals surface area contributed by atoms with Crippen LogP contribution >= 0.6 is 11.6 Å². The molecule has 0 aromatic carbocycles. The van der Waals surface area contributed by atoms with Crippen LogP contribution in [0, 0.1) is 0 Å². The fourth-order valence-electron chi connectivity index (χ4n) is 1.40. The van der Waals surface area contributed by atoms with Crippen LogP contribution in [0.1, 0.15) is 45.2 Å². The van der Waals surface area contributed by atoms with Crippen LogP contribution in [0.25, 0.3) is 0 Å². The van der Waals surface area contributed by atoms with Gasteiger partial charge in [0.05, 0.1) is 6.04 Å². The van der Waals surface area contributed by atoms with Crippen molar-refractivity contribution in [2.45, 2.75) is 45.1 Å². The van der Waals surface area contributed by atoms with Crippen LogP contribution in [0.3, 0.4) is 0 Å². The minimum Gasteiger partial charge on any atom is -0.268 e. The summed E-state index contributed by atoms with van der Waals surface area (Å²) in [6, 6.07) is 0.619. The van der Waals surface area contributed by atoms with Crippen LogP contribution in [-0.2, 0) is 5.41 Å². The maximum atomic E-state index is 6.07. The van der Waals surface area contributed by atoms with Gasteiger partial charge in [0.25, 0.3) is 0 Å². The smallest absolute Gasteiger partial charge is 0.154 e. The third-order valence-electron chi connectivity index (χ3n) is 2.42. The lowest BCUT2D eigenvalue weighted by Gasteiger charge is -2.15. The summed E-state index contributed by atoms with van der Waals surface area (Å²) in [5, 5.41) is 4.99. The molecule has 0 spiro atoms. The Morgan fingerprint density at radius 2 is 2.08 bits per heavy atom. The fourth-order valence-corrected chi connectivity index (χ4v) is 1.82.